The highest BCUT2D eigenvalue weighted by Gasteiger charge is 2.14. The standard InChI is InChI=1S/C9H16N2S/c1-8(2-5-10)11-9-3-6-12-7-4-9/h8-9,11H,2-4,6-7H2,1H3. The van der Waals surface area contributed by atoms with Crippen LogP contribution in [0.3, 0.4) is 0 Å². The normalized spacial score (nSPS) is 21.7. The Balaban J connectivity index is 2.16. The van der Waals surface area contributed by atoms with E-state index in [-0.39, 0.29) is 0 Å². The van der Waals surface area contributed by atoms with Gasteiger partial charge in [-0.2, -0.15) is 17.0 Å². The third-order valence-electron chi connectivity index (χ3n) is 2.14. The Bertz CT molecular complexity index is 158. The number of nitrogens with zero attached hydrogens (tertiary/aromatic N) is 1. The zero-order chi connectivity index (χ0) is 8.81. The summed E-state index contributed by atoms with van der Waals surface area (Å²) in [6.07, 6.45) is 3.16. The zero-order valence-electron chi connectivity index (χ0n) is 7.55. The largest absolute Gasteiger partial charge is 0.310 e. The SMILES string of the molecule is CC(CC#N)NC1CCSCC1. The lowest BCUT2D eigenvalue weighted by Crippen LogP contribution is -2.38. The van der Waals surface area contributed by atoms with Crippen molar-refractivity contribution in [2.45, 2.75) is 38.3 Å². The topological polar surface area (TPSA) is 35.8 Å². The van der Waals surface area contributed by atoms with Crippen LogP contribution in [0, 0.1) is 11.3 Å². The van der Waals surface area contributed by atoms with Gasteiger partial charge in [-0.3, -0.25) is 0 Å². The quantitative estimate of drug-likeness (QED) is 0.726. The van der Waals surface area contributed by atoms with Crippen LogP contribution in [0.2, 0.25) is 0 Å². The maximum absolute atomic E-state index is 8.47. The Hall–Kier alpha value is -0.200. The van der Waals surface area contributed by atoms with Crippen LogP contribution in [0.5, 0.6) is 0 Å². The van der Waals surface area contributed by atoms with Crippen molar-refractivity contribution in [1.82, 2.24) is 5.32 Å². The molecule has 1 aliphatic rings. The van der Waals surface area contributed by atoms with E-state index in [1.165, 1.54) is 24.3 Å². The molecule has 1 atom stereocenters. The molecule has 0 bridgehead atoms. The van der Waals surface area contributed by atoms with E-state index in [1.54, 1.807) is 0 Å². The van der Waals surface area contributed by atoms with Gasteiger partial charge < -0.3 is 5.32 Å². The molecule has 1 rings (SSSR count). The highest BCUT2D eigenvalue weighted by atomic mass is 32.2. The first-order chi connectivity index (χ1) is 5.83. The lowest BCUT2D eigenvalue weighted by molar-refractivity contribution is 0.426. The Kier molecular flexibility index (Phi) is 4.49. The molecule has 3 heteroatoms. The van der Waals surface area contributed by atoms with Crippen LogP contribution >= 0.6 is 11.8 Å². The van der Waals surface area contributed by atoms with Crippen LogP contribution in [0.4, 0.5) is 0 Å². The minimum absolute atomic E-state index is 0.364. The monoisotopic (exact) mass is 184 g/mol. The molecular weight excluding hydrogens is 168 g/mol. The second kappa shape index (κ2) is 5.45. The molecular formula is C9H16N2S. The molecule has 0 radical (unpaired) electrons. The summed E-state index contributed by atoms with van der Waals surface area (Å²) in [5, 5.41) is 12.0. The van der Waals surface area contributed by atoms with E-state index in [2.05, 4.69) is 18.3 Å². The highest BCUT2D eigenvalue weighted by Crippen LogP contribution is 2.17. The van der Waals surface area contributed by atoms with Gasteiger partial charge >= 0.3 is 0 Å². The predicted octanol–water partition coefficient (Wildman–Crippen LogP) is 1.77. The predicted molar refractivity (Wildman–Crippen MR) is 53.2 cm³/mol. The molecule has 2 nitrogen and oxygen atoms in total. The third kappa shape index (κ3) is 3.46. The summed E-state index contributed by atoms with van der Waals surface area (Å²) in [5.74, 6) is 2.55. The average molecular weight is 184 g/mol. The molecule has 0 amide bonds. The molecule has 0 aromatic carbocycles. The Morgan fingerprint density at radius 1 is 1.58 bits per heavy atom. The molecule has 0 aromatic rings. The van der Waals surface area contributed by atoms with Gasteiger partial charge in [-0.15, -0.1) is 0 Å². The number of nitrogens with one attached hydrogen (secondary N) is 1. The van der Waals surface area contributed by atoms with Gasteiger partial charge in [0.2, 0.25) is 0 Å². The van der Waals surface area contributed by atoms with E-state index in [1.807, 2.05) is 11.8 Å². The van der Waals surface area contributed by atoms with Crippen molar-refractivity contribution in [1.29, 1.82) is 5.26 Å². The van der Waals surface area contributed by atoms with Crippen LogP contribution in [-0.2, 0) is 0 Å². The van der Waals surface area contributed by atoms with Crippen LogP contribution in [-0.4, -0.2) is 23.6 Å². The summed E-state index contributed by atoms with van der Waals surface area (Å²) in [7, 11) is 0. The molecule has 1 aliphatic heterocycles. The van der Waals surface area contributed by atoms with Crippen molar-refractivity contribution in [3.8, 4) is 6.07 Å². The molecule has 0 saturated carbocycles. The second-order valence-electron chi connectivity index (χ2n) is 3.32. The first kappa shape index (κ1) is 9.88. The number of hydrogen-bond donors (Lipinski definition) is 1. The van der Waals surface area contributed by atoms with Crippen molar-refractivity contribution in [3.63, 3.8) is 0 Å². The van der Waals surface area contributed by atoms with Gasteiger partial charge in [0.15, 0.2) is 0 Å². The maximum Gasteiger partial charge on any atom is 0.0638 e. The molecule has 1 fully saturated rings. The van der Waals surface area contributed by atoms with Gasteiger partial charge in [-0.05, 0) is 31.3 Å². The minimum atomic E-state index is 0.364. The van der Waals surface area contributed by atoms with Gasteiger partial charge in [0.05, 0.1) is 12.5 Å². The summed E-state index contributed by atoms with van der Waals surface area (Å²) < 4.78 is 0. The minimum Gasteiger partial charge on any atom is -0.310 e. The summed E-state index contributed by atoms with van der Waals surface area (Å²) in [5.41, 5.74) is 0. The Morgan fingerprint density at radius 3 is 2.83 bits per heavy atom. The van der Waals surface area contributed by atoms with E-state index in [4.69, 9.17) is 5.26 Å². The fourth-order valence-electron chi connectivity index (χ4n) is 1.46. The Labute approximate surface area is 78.7 Å². The molecule has 1 heterocycles. The van der Waals surface area contributed by atoms with Gasteiger partial charge in [0.25, 0.3) is 0 Å². The second-order valence-corrected chi connectivity index (χ2v) is 4.54. The van der Waals surface area contributed by atoms with E-state index in [0.717, 1.165) is 0 Å². The van der Waals surface area contributed by atoms with Crippen LogP contribution in [0.1, 0.15) is 26.2 Å². The smallest absolute Gasteiger partial charge is 0.0638 e. The molecule has 12 heavy (non-hydrogen) atoms. The van der Waals surface area contributed by atoms with Gasteiger partial charge in [-0.1, -0.05) is 0 Å². The van der Waals surface area contributed by atoms with E-state index >= 15 is 0 Å². The molecule has 68 valence electrons. The maximum atomic E-state index is 8.47. The Morgan fingerprint density at radius 2 is 2.25 bits per heavy atom. The molecule has 0 aliphatic carbocycles. The van der Waals surface area contributed by atoms with E-state index < -0.39 is 0 Å². The van der Waals surface area contributed by atoms with E-state index in [0.29, 0.717) is 18.5 Å². The number of rotatable bonds is 3. The van der Waals surface area contributed by atoms with Crippen molar-refractivity contribution < 1.29 is 0 Å². The number of nitriles is 1. The van der Waals surface area contributed by atoms with Crippen molar-refractivity contribution in [2.75, 3.05) is 11.5 Å². The lowest BCUT2D eigenvalue weighted by Gasteiger charge is -2.25. The highest BCUT2D eigenvalue weighted by molar-refractivity contribution is 7.99. The number of hydrogen-bond acceptors (Lipinski definition) is 3. The van der Waals surface area contributed by atoms with Crippen LogP contribution in [0.25, 0.3) is 0 Å². The van der Waals surface area contributed by atoms with Crippen molar-refractivity contribution in [3.05, 3.63) is 0 Å². The van der Waals surface area contributed by atoms with Gasteiger partial charge in [-0.25, -0.2) is 0 Å². The van der Waals surface area contributed by atoms with Crippen LogP contribution < -0.4 is 5.32 Å². The third-order valence-corrected chi connectivity index (χ3v) is 3.19. The fourth-order valence-corrected chi connectivity index (χ4v) is 2.57. The molecule has 1 unspecified atom stereocenters. The van der Waals surface area contributed by atoms with Crippen molar-refractivity contribution in [2.24, 2.45) is 0 Å². The molecule has 1 N–H and O–H groups in total. The summed E-state index contributed by atoms with van der Waals surface area (Å²) >= 11 is 2.03. The van der Waals surface area contributed by atoms with Crippen molar-refractivity contribution >= 4 is 11.8 Å². The summed E-state index contributed by atoms with van der Waals surface area (Å²) in [4.78, 5) is 0. The molecule has 0 spiro atoms. The average Bonchev–Trinajstić information content (AvgIpc) is 2.06. The van der Waals surface area contributed by atoms with Gasteiger partial charge in [0, 0.05) is 12.1 Å². The number of thioether (sulfide) groups is 1. The first-order valence-corrected chi connectivity index (χ1v) is 5.69. The summed E-state index contributed by atoms with van der Waals surface area (Å²) in [6, 6.07) is 3.21. The van der Waals surface area contributed by atoms with Gasteiger partial charge in [0.1, 0.15) is 0 Å². The van der Waals surface area contributed by atoms with E-state index in [9.17, 15) is 0 Å². The molecule has 1 saturated heterocycles. The first-order valence-electron chi connectivity index (χ1n) is 4.53. The zero-order valence-corrected chi connectivity index (χ0v) is 8.36. The molecule has 0 aromatic heterocycles. The fraction of sp³-hybridized carbons (Fsp3) is 0.889. The van der Waals surface area contributed by atoms with Crippen LogP contribution in [0.15, 0.2) is 0 Å². The summed E-state index contributed by atoms with van der Waals surface area (Å²) in [6.45, 7) is 2.09. The lowest BCUT2D eigenvalue weighted by atomic mass is 10.1.